The highest BCUT2D eigenvalue weighted by molar-refractivity contribution is 9.10. The number of halogens is 3. The fourth-order valence-corrected chi connectivity index (χ4v) is 2.48. The van der Waals surface area contributed by atoms with Crippen LogP contribution in [0.5, 0.6) is 0 Å². The third-order valence-electron chi connectivity index (χ3n) is 2.71. The molecule has 2 aromatic carbocycles. The molecule has 0 radical (unpaired) electrons. The van der Waals surface area contributed by atoms with Gasteiger partial charge in [-0.05, 0) is 42.3 Å². The van der Waals surface area contributed by atoms with Crippen molar-refractivity contribution in [2.45, 2.75) is 12.8 Å². The van der Waals surface area contributed by atoms with Gasteiger partial charge in [-0.25, -0.2) is 4.39 Å². The summed E-state index contributed by atoms with van der Waals surface area (Å²) in [4.78, 5) is 12.0. The van der Waals surface area contributed by atoms with Crippen LogP contribution in [-0.4, -0.2) is 5.78 Å². The highest BCUT2D eigenvalue weighted by atomic mass is 79.9. The second-order valence-electron chi connectivity index (χ2n) is 4.21. The average molecular weight is 342 g/mol. The molecule has 0 spiro atoms. The van der Waals surface area contributed by atoms with Gasteiger partial charge in [0.25, 0.3) is 0 Å². The fourth-order valence-electron chi connectivity index (χ4n) is 1.81. The van der Waals surface area contributed by atoms with Gasteiger partial charge in [0.2, 0.25) is 0 Å². The van der Waals surface area contributed by atoms with Gasteiger partial charge < -0.3 is 0 Å². The smallest absolute Gasteiger partial charge is 0.163 e. The number of benzene rings is 2. The summed E-state index contributed by atoms with van der Waals surface area (Å²) in [7, 11) is 0. The van der Waals surface area contributed by atoms with Gasteiger partial charge in [0.05, 0.1) is 0 Å². The lowest BCUT2D eigenvalue weighted by Crippen LogP contribution is -2.02. The minimum Gasteiger partial charge on any atom is -0.294 e. The van der Waals surface area contributed by atoms with Crippen molar-refractivity contribution in [1.29, 1.82) is 0 Å². The molecule has 0 atom stereocenters. The molecule has 0 aromatic heterocycles. The summed E-state index contributed by atoms with van der Waals surface area (Å²) >= 11 is 9.11. The van der Waals surface area contributed by atoms with Gasteiger partial charge in [0, 0.05) is 21.5 Å². The Hall–Kier alpha value is -1.19. The Balaban J connectivity index is 2.05. The molecule has 1 nitrogen and oxygen atoms in total. The highest BCUT2D eigenvalue weighted by Crippen LogP contribution is 2.17. The van der Waals surface area contributed by atoms with Gasteiger partial charge in [-0.1, -0.05) is 39.7 Å². The Labute approximate surface area is 124 Å². The van der Waals surface area contributed by atoms with Crippen molar-refractivity contribution in [3.05, 3.63) is 68.9 Å². The molecule has 0 unspecified atom stereocenters. The van der Waals surface area contributed by atoms with Crippen molar-refractivity contribution < 1.29 is 9.18 Å². The zero-order valence-corrected chi connectivity index (χ0v) is 12.3. The summed E-state index contributed by atoms with van der Waals surface area (Å²) < 4.78 is 14.1. The molecular formula is C15H11BrClFO. The molecule has 0 amide bonds. The summed E-state index contributed by atoms with van der Waals surface area (Å²) in [5.41, 5.74) is 1.38. The van der Waals surface area contributed by atoms with Crippen molar-refractivity contribution in [3.63, 3.8) is 0 Å². The van der Waals surface area contributed by atoms with Crippen LogP contribution in [0.15, 0.2) is 46.9 Å². The van der Waals surface area contributed by atoms with Crippen LogP contribution in [0.4, 0.5) is 4.39 Å². The first-order valence-corrected chi connectivity index (χ1v) is 6.95. The highest BCUT2D eigenvalue weighted by Gasteiger charge is 2.09. The maximum absolute atomic E-state index is 13.2. The molecule has 4 heteroatoms. The summed E-state index contributed by atoms with van der Waals surface area (Å²) in [6.07, 6.45) is 0.947. The minimum absolute atomic E-state index is 0.110. The van der Waals surface area contributed by atoms with Gasteiger partial charge >= 0.3 is 0 Å². The van der Waals surface area contributed by atoms with Gasteiger partial charge in [0.1, 0.15) is 5.82 Å². The summed E-state index contributed by atoms with van der Waals surface area (Å²) in [6, 6.07) is 11.7. The Morgan fingerprint density at radius 1 is 1.21 bits per heavy atom. The van der Waals surface area contributed by atoms with Crippen LogP contribution in [0.3, 0.4) is 0 Å². The van der Waals surface area contributed by atoms with E-state index in [2.05, 4.69) is 15.9 Å². The molecule has 0 aliphatic heterocycles. The first-order chi connectivity index (χ1) is 9.04. The standard InChI is InChI=1S/C15H11BrClFO/c16-12-3-1-2-10(6-12)4-5-15(19)11-7-13(17)9-14(18)8-11/h1-3,6-9H,4-5H2. The van der Waals surface area contributed by atoms with Crippen molar-refractivity contribution in [3.8, 4) is 0 Å². The van der Waals surface area contributed by atoms with Crippen LogP contribution in [0, 0.1) is 5.82 Å². The van der Waals surface area contributed by atoms with Crippen LogP contribution >= 0.6 is 27.5 Å². The maximum Gasteiger partial charge on any atom is 0.163 e. The normalized spacial score (nSPS) is 10.5. The van der Waals surface area contributed by atoms with Gasteiger partial charge in [-0.2, -0.15) is 0 Å². The van der Waals surface area contributed by atoms with Crippen molar-refractivity contribution >= 4 is 33.3 Å². The largest absolute Gasteiger partial charge is 0.294 e. The van der Waals surface area contributed by atoms with Gasteiger partial charge in [-0.15, -0.1) is 0 Å². The predicted octanol–water partition coefficient (Wildman–Crippen LogP) is 5.06. The first-order valence-electron chi connectivity index (χ1n) is 5.78. The fraction of sp³-hybridized carbons (Fsp3) is 0.133. The van der Waals surface area contributed by atoms with E-state index in [1.165, 1.54) is 18.2 Å². The summed E-state index contributed by atoms with van der Waals surface area (Å²) in [5.74, 6) is -0.598. The van der Waals surface area contributed by atoms with E-state index in [4.69, 9.17) is 11.6 Å². The lowest BCUT2D eigenvalue weighted by atomic mass is 10.0. The topological polar surface area (TPSA) is 17.1 Å². The molecule has 0 fully saturated rings. The Kier molecular flexibility index (Phi) is 4.72. The molecule has 0 heterocycles. The monoisotopic (exact) mass is 340 g/mol. The van der Waals surface area contributed by atoms with E-state index in [9.17, 15) is 9.18 Å². The van der Waals surface area contributed by atoms with Gasteiger partial charge in [-0.3, -0.25) is 4.79 Å². The molecular weight excluding hydrogens is 331 g/mol. The molecule has 2 rings (SSSR count). The third kappa shape index (κ3) is 4.15. The Morgan fingerprint density at radius 3 is 2.68 bits per heavy atom. The second-order valence-corrected chi connectivity index (χ2v) is 5.56. The molecule has 0 saturated carbocycles. The summed E-state index contributed by atoms with van der Waals surface area (Å²) in [5, 5.41) is 0.241. The lowest BCUT2D eigenvalue weighted by molar-refractivity contribution is 0.0982. The van der Waals surface area contributed by atoms with Crippen LogP contribution in [-0.2, 0) is 6.42 Å². The number of rotatable bonds is 4. The maximum atomic E-state index is 13.2. The van der Waals surface area contributed by atoms with E-state index in [0.717, 1.165) is 10.0 Å². The van der Waals surface area contributed by atoms with Gasteiger partial charge in [0.15, 0.2) is 5.78 Å². The van der Waals surface area contributed by atoms with E-state index < -0.39 is 5.82 Å². The van der Waals surface area contributed by atoms with Crippen molar-refractivity contribution in [2.24, 2.45) is 0 Å². The number of aryl methyl sites for hydroxylation is 1. The third-order valence-corrected chi connectivity index (χ3v) is 3.43. The molecule has 0 N–H and O–H groups in total. The molecule has 0 aliphatic carbocycles. The quantitative estimate of drug-likeness (QED) is 0.711. The molecule has 0 saturated heterocycles. The van der Waals surface area contributed by atoms with Crippen LogP contribution in [0.25, 0.3) is 0 Å². The molecule has 0 bridgehead atoms. The second kappa shape index (κ2) is 6.31. The van der Waals surface area contributed by atoms with E-state index >= 15 is 0 Å². The first kappa shape index (κ1) is 14.2. The molecule has 0 aliphatic rings. The van der Waals surface area contributed by atoms with Crippen LogP contribution < -0.4 is 0 Å². The number of hydrogen-bond acceptors (Lipinski definition) is 1. The Morgan fingerprint density at radius 2 is 2.00 bits per heavy atom. The SMILES string of the molecule is O=C(CCc1cccc(Br)c1)c1cc(F)cc(Cl)c1. The number of ketones is 1. The Bertz CT molecular complexity index is 593. The number of carbonyl (C=O) groups is 1. The van der Waals surface area contributed by atoms with Crippen LogP contribution in [0.2, 0.25) is 5.02 Å². The molecule has 19 heavy (non-hydrogen) atoms. The number of hydrogen-bond donors (Lipinski definition) is 0. The van der Waals surface area contributed by atoms with Crippen LogP contribution in [0.1, 0.15) is 22.3 Å². The predicted molar refractivity (Wildman–Crippen MR) is 78.2 cm³/mol. The van der Waals surface area contributed by atoms with E-state index in [0.29, 0.717) is 18.4 Å². The molecule has 98 valence electrons. The van der Waals surface area contributed by atoms with Crippen molar-refractivity contribution in [2.75, 3.05) is 0 Å². The van der Waals surface area contributed by atoms with E-state index in [-0.39, 0.29) is 10.8 Å². The number of carbonyl (C=O) groups excluding carboxylic acids is 1. The lowest BCUT2D eigenvalue weighted by Gasteiger charge is -2.03. The molecule has 2 aromatic rings. The van der Waals surface area contributed by atoms with E-state index in [1.54, 1.807) is 0 Å². The zero-order valence-electron chi connectivity index (χ0n) is 10.00. The van der Waals surface area contributed by atoms with E-state index in [1.807, 2.05) is 24.3 Å². The number of Topliss-reactive ketones (excluding diaryl/α,β-unsaturated/α-hetero) is 1. The minimum atomic E-state index is -0.488. The average Bonchev–Trinajstić information content (AvgIpc) is 2.35. The zero-order chi connectivity index (χ0) is 13.8. The summed E-state index contributed by atoms with van der Waals surface area (Å²) in [6.45, 7) is 0. The van der Waals surface area contributed by atoms with Crippen molar-refractivity contribution in [1.82, 2.24) is 0 Å².